The fraction of sp³-hybridized carbons (Fsp3) is 0.462. The van der Waals surface area contributed by atoms with E-state index in [1.165, 1.54) is 0 Å². The van der Waals surface area contributed by atoms with Gasteiger partial charge >= 0.3 is 0 Å². The Hall–Kier alpha value is -1.26. The normalized spacial score (nSPS) is 10.7. The molecule has 0 fully saturated rings. The van der Waals surface area contributed by atoms with Crippen LogP contribution in [-0.2, 0) is 0 Å². The van der Waals surface area contributed by atoms with Crippen molar-refractivity contribution in [3.63, 3.8) is 0 Å². The zero-order chi connectivity index (χ0) is 13.5. The summed E-state index contributed by atoms with van der Waals surface area (Å²) in [6.45, 7) is 7.59. The van der Waals surface area contributed by atoms with Gasteiger partial charge in [0.05, 0.1) is 16.3 Å². The average molecular weight is 270 g/mol. The number of nitrogens with two attached hydrogens (primary N) is 1. The standard InChI is InChI=1S/C13H20ClN3O/c1-3-17(4-2)9-8-16-13(18)10-6-5-7-11(14)12(10)15/h5-7H,3-4,8-9,15H2,1-2H3,(H,16,18). The van der Waals surface area contributed by atoms with Crippen LogP contribution in [-0.4, -0.2) is 37.0 Å². The van der Waals surface area contributed by atoms with Crippen molar-refractivity contribution in [3.8, 4) is 0 Å². The van der Waals surface area contributed by atoms with E-state index in [1.807, 2.05) is 0 Å². The molecule has 1 aromatic rings. The Kier molecular flexibility index (Phi) is 5.95. The molecular formula is C13H20ClN3O. The van der Waals surface area contributed by atoms with Crippen molar-refractivity contribution in [2.45, 2.75) is 13.8 Å². The van der Waals surface area contributed by atoms with Crippen molar-refractivity contribution >= 4 is 23.2 Å². The first-order valence-electron chi connectivity index (χ1n) is 6.14. The predicted octanol–water partition coefficient (Wildman–Crippen LogP) is 1.99. The third-order valence-corrected chi connectivity index (χ3v) is 3.24. The Morgan fingerprint density at radius 2 is 2.06 bits per heavy atom. The first-order chi connectivity index (χ1) is 8.60. The molecular weight excluding hydrogens is 250 g/mol. The summed E-state index contributed by atoms with van der Waals surface area (Å²) in [5.74, 6) is -0.179. The molecule has 0 atom stereocenters. The molecule has 0 aliphatic heterocycles. The van der Waals surface area contributed by atoms with Crippen LogP contribution in [0, 0.1) is 0 Å². The minimum absolute atomic E-state index is 0.179. The number of para-hydroxylation sites is 1. The monoisotopic (exact) mass is 269 g/mol. The molecule has 4 nitrogen and oxygen atoms in total. The van der Waals surface area contributed by atoms with Gasteiger partial charge in [-0.3, -0.25) is 4.79 Å². The van der Waals surface area contributed by atoms with E-state index in [1.54, 1.807) is 18.2 Å². The molecule has 1 aromatic carbocycles. The fourth-order valence-corrected chi connectivity index (χ4v) is 1.87. The number of likely N-dealkylation sites (N-methyl/N-ethyl adjacent to an activating group) is 1. The van der Waals surface area contributed by atoms with Gasteiger partial charge in [-0.2, -0.15) is 0 Å². The summed E-state index contributed by atoms with van der Waals surface area (Å²) in [5, 5.41) is 3.26. The number of nitrogens with zero attached hydrogens (tertiary/aromatic N) is 1. The van der Waals surface area contributed by atoms with Gasteiger partial charge in [-0.05, 0) is 25.2 Å². The number of rotatable bonds is 6. The summed E-state index contributed by atoms with van der Waals surface area (Å²) in [6, 6.07) is 5.07. The number of nitrogens with one attached hydrogen (secondary N) is 1. The maximum absolute atomic E-state index is 11.9. The molecule has 0 radical (unpaired) electrons. The molecule has 0 aliphatic carbocycles. The highest BCUT2D eigenvalue weighted by molar-refractivity contribution is 6.33. The van der Waals surface area contributed by atoms with Gasteiger partial charge < -0.3 is 16.0 Å². The molecule has 0 aromatic heterocycles. The number of nitrogen functional groups attached to an aromatic ring is 1. The summed E-state index contributed by atoms with van der Waals surface area (Å²) >= 11 is 5.87. The smallest absolute Gasteiger partial charge is 0.253 e. The quantitative estimate of drug-likeness (QED) is 0.777. The molecule has 0 saturated carbocycles. The van der Waals surface area contributed by atoms with Crippen LogP contribution in [0.1, 0.15) is 24.2 Å². The Morgan fingerprint density at radius 3 is 2.67 bits per heavy atom. The highest BCUT2D eigenvalue weighted by Crippen LogP contribution is 2.21. The van der Waals surface area contributed by atoms with Crippen molar-refractivity contribution in [1.82, 2.24) is 10.2 Å². The second kappa shape index (κ2) is 7.24. The number of carbonyl (C=O) groups is 1. The molecule has 0 saturated heterocycles. The molecule has 100 valence electrons. The van der Waals surface area contributed by atoms with Crippen molar-refractivity contribution < 1.29 is 4.79 Å². The lowest BCUT2D eigenvalue weighted by Gasteiger charge is -2.18. The van der Waals surface area contributed by atoms with E-state index in [-0.39, 0.29) is 5.91 Å². The van der Waals surface area contributed by atoms with Crippen LogP contribution in [0.5, 0.6) is 0 Å². The Bertz CT molecular complexity index is 405. The molecule has 1 rings (SSSR count). The molecule has 0 spiro atoms. The van der Waals surface area contributed by atoms with Crippen LogP contribution in [0.2, 0.25) is 5.02 Å². The Balaban J connectivity index is 2.53. The SMILES string of the molecule is CCN(CC)CCNC(=O)c1cccc(Cl)c1N. The first-order valence-corrected chi connectivity index (χ1v) is 6.52. The number of carbonyl (C=O) groups excluding carboxylic acids is 1. The van der Waals surface area contributed by atoms with Gasteiger partial charge in [-0.1, -0.05) is 31.5 Å². The van der Waals surface area contributed by atoms with E-state index in [4.69, 9.17) is 17.3 Å². The van der Waals surface area contributed by atoms with Crippen molar-refractivity contribution in [2.75, 3.05) is 31.9 Å². The summed E-state index contributed by atoms with van der Waals surface area (Å²) in [5.41, 5.74) is 6.53. The third kappa shape index (κ3) is 3.89. The number of amides is 1. The lowest BCUT2D eigenvalue weighted by atomic mass is 10.1. The molecule has 0 unspecified atom stereocenters. The second-order valence-electron chi connectivity index (χ2n) is 3.98. The first kappa shape index (κ1) is 14.8. The van der Waals surface area contributed by atoms with Crippen LogP contribution in [0.25, 0.3) is 0 Å². The van der Waals surface area contributed by atoms with Gasteiger partial charge in [0, 0.05) is 13.1 Å². The lowest BCUT2D eigenvalue weighted by molar-refractivity contribution is 0.0950. The molecule has 0 aliphatic rings. The molecule has 0 heterocycles. The van der Waals surface area contributed by atoms with E-state index in [2.05, 4.69) is 24.1 Å². The van der Waals surface area contributed by atoms with Gasteiger partial charge in [0.2, 0.25) is 0 Å². The second-order valence-corrected chi connectivity index (χ2v) is 4.39. The summed E-state index contributed by atoms with van der Waals surface area (Å²) < 4.78 is 0. The average Bonchev–Trinajstić information content (AvgIpc) is 2.37. The Labute approximate surface area is 113 Å². The molecule has 0 bridgehead atoms. The predicted molar refractivity (Wildman–Crippen MR) is 76.0 cm³/mol. The highest BCUT2D eigenvalue weighted by Gasteiger charge is 2.11. The molecule has 3 N–H and O–H groups in total. The van der Waals surface area contributed by atoms with Crippen LogP contribution >= 0.6 is 11.6 Å². The lowest BCUT2D eigenvalue weighted by Crippen LogP contribution is -2.35. The molecule has 18 heavy (non-hydrogen) atoms. The van der Waals surface area contributed by atoms with Crippen LogP contribution in [0.15, 0.2) is 18.2 Å². The third-order valence-electron chi connectivity index (χ3n) is 2.91. The minimum atomic E-state index is -0.179. The number of anilines is 1. The van der Waals surface area contributed by atoms with Crippen molar-refractivity contribution in [2.24, 2.45) is 0 Å². The maximum Gasteiger partial charge on any atom is 0.253 e. The van der Waals surface area contributed by atoms with E-state index in [0.29, 0.717) is 22.8 Å². The van der Waals surface area contributed by atoms with Crippen LogP contribution in [0.3, 0.4) is 0 Å². The summed E-state index contributed by atoms with van der Waals surface area (Å²) in [6.07, 6.45) is 0. The largest absolute Gasteiger partial charge is 0.397 e. The van der Waals surface area contributed by atoms with E-state index < -0.39 is 0 Å². The minimum Gasteiger partial charge on any atom is -0.397 e. The van der Waals surface area contributed by atoms with E-state index in [0.717, 1.165) is 19.6 Å². The highest BCUT2D eigenvalue weighted by atomic mass is 35.5. The van der Waals surface area contributed by atoms with E-state index >= 15 is 0 Å². The molecule has 5 heteroatoms. The van der Waals surface area contributed by atoms with Crippen molar-refractivity contribution in [3.05, 3.63) is 28.8 Å². The van der Waals surface area contributed by atoms with E-state index in [9.17, 15) is 4.79 Å². The van der Waals surface area contributed by atoms with Gasteiger partial charge in [-0.25, -0.2) is 0 Å². The van der Waals surface area contributed by atoms with Crippen LogP contribution in [0.4, 0.5) is 5.69 Å². The topological polar surface area (TPSA) is 58.4 Å². The zero-order valence-electron chi connectivity index (χ0n) is 10.9. The van der Waals surface area contributed by atoms with Gasteiger partial charge in [-0.15, -0.1) is 0 Å². The van der Waals surface area contributed by atoms with Gasteiger partial charge in [0.15, 0.2) is 0 Å². The van der Waals surface area contributed by atoms with Crippen molar-refractivity contribution in [1.29, 1.82) is 0 Å². The maximum atomic E-state index is 11.9. The number of hydrogen-bond donors (Lipinski definition) is 2. The summed E-state index contributed by atoms with van der Waals surface area (Å²) in [7, 11) is 0. The fourth-order valence-electron chi connectivity index (χ4n) is 1.70. The number of hydrogen-bond acceptors (Lipinski definition) is 3. The van der Waals surface area contributed by atoms with Crippen LogP contribution < -0.4 is 11.1 Å². The number of halogens is 1. The van der Waals surface area contributed by atoms with Gasteiger partial charge in [0.1, 0.15) is 0 Å². The zero-order valence-corrected chi connectivity index (χ0v) is 11.6. The molecule has 1 amide bonds. The summed E-state index contributed by atoms with van der Waals surface area (Å²) in [4.78, 5) is 14.1. The Morgan fingerprint density at radius 1 is 1.39 bits per heavy atom. The number of benzene rings is 1. The van der Waals surface area contributed by atoms with Gasteiger partial charge in [0.25, 0.3) is 5.91 Å².